The van der Waals surface area contributed by atoms with E-state index in [1.807, 2.05) is 0 Å². The summed E-state index contributed by atoms with van der Waals surface area (Å²) in [7, 11) is 1.39. The van der Waals surface area contributed by atoms with Crippen molar-refractivity contribution in [2.24, 2.45) is 0 Å². The van der Waals surface area contributed by atoms with Crippen LogP contribution in [0.5, 0.6) is 0 Å². The molecular weight excluding hydrogens is 170 g/mol. The fourth-order valence-corrected chi connectivity index (χ4v) is 0.958. The minimum absolute atomic E-state index is 0.0813. The third-order valence-corrected chi connectivity index (χ3v) is 1.65. The second-order valence-electron chi connectivity index (χ2n) is 2.52. The Labute approximate surface area is 75.3 Å². The molecule has 0 spiro atoms. The van der Waals surface area contributed by atoms with Crippen molar-refractivity contribution in [3.63, 3.8) is 0 Å². The van der Waals surface area contributed by atoms with Gasteiger partial charge in [-0.1, -0.05) is 6.58 Å². The van der Waals surface area contributed by atoms with Gasteiger partial charge in [0.05, 0.1) is 12.7 Å². The molecule has 1 aliphatic carbocycles. The molecule has 0 aromatic carbocycles. The second-order valence-corrected chi connectivity index (χ2v) is 2.52. The first-order valence-electron chi connectivity index (χ1n) is 3.55. The molecule has 0 aromatic heterocycles. The maximum atomic E-state index is 10.6. The van der Waals surface area contributed by atoms with Gasteiger partial charge in [0.25, 0.3) is 0 Å². The summed E-state index contributed by atoms with van der Waals surface area (Å²) in [6, 6.07) is 0. The minimum Gasteiger partial charge on any atom is -0.494 e. The first-order chi connectivity index (χ1) is 6.06. The molecule has 2 N–H and O–H groups in total. The largest absolute Gasteiger partial charge is 0.494 e. The summed E-state index contributed by atoms with van der Waals surface area (Å²) in [5, 5.41) is 16.1. The highest BCUT2D eigenvalue weighted by Gasteiger charge is 2.18. The van der Waals surface area contributed by atoms with Gasteiger partial charge in [-0.05, 0) is 17.7 Å². The van der Waals surface area contributed by atoms with Gasteiger partial charge in [-0.2, -0.15) is 0 Å². The molecule has 0 aromatic rings. The quantitative estimate of drug-likeness (QED) is 0.667. The van der Waals surface area contributed by atoms with Crippen LogP contribution in [0.25, 0.3) is 0 Å². The van der Waals surface area contributed by atoms with Crippen LogP contribution in [0.4, 0.5) is 0 Å². The monoisotopic (exact) mass is 179 g/mol. The Kier molecular flexibility index (Phi) is 2.32. The lowest BCUT2D eigenvalue weighted by atomic mass is 10.00. The zero-order valence-corrected chi connectivity index (χ0v) is 7.13. The highest BCUT2D eigenvalue weighted by Crippen LogP contribution is 2.18. The number of carboxylic acid groups (broad SMARTS) is 1. The molecule has 68 valence electrons. The summed E-state index contributed by atoms with van der Waals surface area (Å²) in [4.78, 5) is 10.6. The van der Waals surface area contributed by atoms with Crippen molar-refractivity contribution in [1.29, 1.82) is 5.41 Å². The van der Waals surface area contributed by atoms with Crippen molar-refractivity contribution < 1.29 is 14.6 Å². The average Bonchev–Trinajstić information content (AvgIpc) is 2.09. The van der Waals surface area contributed by atoms with Gasteiger partial charge in [0.15, 0.2) is 0 Å². The van der Waals surface area contributed by atoms with E-state index in [0.29, 0.717) is 5.57 Å². The molecule has 0 fully saturated rings. The Morgan fingerprint density at radius 2 is 2.23 bits per heavy atom. The third-order valence-electron chi connectivity index (χ3n) is 1.65. The van der Waals surface area contributed by atoms with Crippen LogP contribution in [0.1, 0.15) is 0 Å². The number of carboxylic acids is 1. The maximum Gasteiger partial charge on any atom is 0.335 e. The van der Waals surface area contributed by atoms with Gasteiger partial charge in [-0.25, -0.2) is 4.79 Å². The van der Waals surface area contributed by atoms with Crippen LogP contribution in [0.2, 0.25) is 0 Å². The fraction of sp³-hybridized carbons (Fsp3) is 0.111. The lowest BCUT2D eigenvalue weighted by Gasteiger charge is -2.13. The van der Waals surface area contributed by atoms with Gasteiger partial charge in [0, 0.05) is 0 Å². The van der Waals surface area contributed by atoms with Crippen molar-refractivity contribution >= 4 is 11.7 Å². The maximum absolute atomic E-state index is 10.6. The topological polar surface area (TPSA) is 70.4 Å². The van der Waals surface area contributed by atoms with E-state index >= 15 is 0 Å². The second kappa shape index (κ2) is 3.26. The normalized spacial score (nSPS) is 16.4. The van der Waals surface area contributed by atoms with Crippen LogP contribution in [-0.4, -0.2) is 23.9 Å². The van der Waals surface area contributed by atoms with Crippen LogP contribution >= 0.6 is 0 Å². The van der Waals surface area contributed by atoms with E-state index in [-0.39, 0.29) is 17.0 Å². The smallest absolute Gasteiger partial charge is 0.335 e. The highest BCUT2D eigenvalue weighted by molar-refractivity contribution is 6.14. The predicted molar refractivity (Wildman–Crippen MR) is 47.7 cm³/mol. The number of methoxy groups -OCH3 is 1. The van der Waals surface area contributed by atoms with Gasteiger partial charge in [-0.3, -0.25) is 5.41 Å². The molecule has 1 aliphatic rings. The van der Waals surface area contributed by atoms with Gasteiger partial charge in [0.1, 0.15) is 11.5 Å². The summed E-state index contributed by atoms with van der Waals surface area (Å²) in [6.45, 7) is 3.54. The molecule has 13 heavy (non-hydrogen) atoms. The van der Waals surface area contributed by atoms with Crippen molar-refractivity contribution in [2.75, 3.05) is 7.11 Å². The third kappa shape index (κ3) is 1.66. The molecule has 1 rings (SSSR count). The van der Waals surface area contributed by atoms with Gasteiger partial charge in [0.2, 0.25) is 0 Å². The lowest BCUT2D eigenvalue weighted by Crippen LogP contribution is -2.13. The zero-order valence-electron chi connectivity index (χ0n) is 7.13. The van der Waals surface area contributed by atoms with Crippen LogP contribution in [-0.2, 0) is 9.53 Å². The summed E-state index contributed by atoms with van der Waals surface area (Å²) in [5.74, 6) is -0.826. The van der Waals surface area contributed by atoms with Crippen molar-refractivity contribution in [3.05, 3.63) is 35.6 Å². The minimum atomic E-state index is -1.05. The average molecular weight is 179 g/mol. The molecule has 0 radical (unpaired) electrons. The van der Waals surface area contributed by atoms with Gasteiger partial charge >= 0.3 is 5.97 Å². The number of carbonyl (C=O) groups is 1. The number of nitrogens with one attached hydrogen (secondary N) is 1. The number of rotatable bonds is 2. The van der Waals surface area contributed by atoms with Crippen LogP contribution < -0.4 is 0 Å². The molecule has 0 aliphatic heterocycles. The highest BCUT2D eigenvalue weighted by atomic mass is 16.5. The van der Waals surface area contributed by atoms with E-state index in [0.717, 1.165) is 0 Å². The van der Waals surface area contributed by atoms with Crippen molar-refractivity contribution in [2.45, 2.75) is 0 Å². The molecule has 0 heterocycles. The number of hydrogen-bond donors (Lipinski definition) is 2. The number of ether oxygens (including phenoxy) is 1. The first-order valence-corrected chi connectivity index (χ1v) is 3.55. The summed E-state index contributed by atoms with van der Waals surface area (Å²) in [6.07, 6.45) is 2.65. The molecule has 0 bridgehead atoms. The predicted octanol–water partition coefficient (Wildman–Crippen LogP) is 1.12. The van der Waals surface area contributed by atoms with E-state index in [2.05, 4.69) is 6.58 Å². The molecule has 0 amide bonds. The van der Waals surface area contributed by atoms with E-state index in [1.54, 1.807) is 0 Å². The zero-order chi connectivity index (χ0) is 10.0. The Balaban J connectivity index is 3.11. The molecule has 0 unspecified atom stereocenters. The molecule has 4 heteroatoms. The lowest BCUT2D eigenvalue weighted by molar-refractivity contribution is -0.132. The first kappa shape index (κ1) is 9.25. The molecule has 4 nitrogen and oxygen atoms in total. The Hall–Kier alpha value is -1.84. The standard InChI is InChI=1S/C9H9NO3/c1-5-3-6(9(11)12)4-7(13-2)8(5)10/h3-4,10H,1H2,2H3,(H,11,12). The van der Waals surface area contributed by atoms with Gasteiger partial charge < -0.3 is 9.84 Å². The van der Waals surface area contributed by atoms with E-state index in [4.69, 9.17) is 15.3 Å². The SMILES string of the molecule is C=C1C=C(C(=O)O)C=C(OC)C1=N. The molecule has 0 atom stereocenters. The van der Waals surface area contributed by atoms with Crippen molar-refractivity contribution in [1.82, 2.24) is 0 Å². The van der Waals surface area contributed by atoms with Crippen LogP contribution in [0.3, 0.4) is 0 Å². The summed E-state index contributed by atoms with van der Waals surface area (Å²) >= 11 is 0. The summed E-state index contributed by atoms with van der Waals surface area (Å²) in [5.41, 5.74) is 0.544. The van der Waals surface area contributed by atoms with Crippen LogP contribution in [0.15, 0.2) is 35.6 Å². The van der Waals surface area contributed by atoms with E-state index < -0.39 is 5.97 Å². The molecule has 0 saturated heterocycles. The van der Waals surface area contributed by atoms with Crippen LogP contribution in [0, 0.1) is 5.41 Å². The molecular formula is C9H9NO3. The van der Waals surface area contributed by atoms with E-state index in [1.165, 1.54) is 19.3 Å². The van der Waals surface area contributed by atoms with E-state index in [9.17, 15) is 4.79 Å². The van der Waals surface area contributed by atoms with Crippen molar-refractivity contribution in [3.8, 4) is 0 Å². The Bertz CT molecular complexity index is 350. The number of hydrogen-bond acceptors (Lipinski definition) is 3. The summed E-state index contributed by atoms with van der Waals surface area (Å²) < 4.78 is 4.83. The Morgan fingerprint density at radius 1 is 1.62 bits per heavy atom. The van der Waals surface area contributed by atoms with Gasteiger partial charge in [-0.15, -0.1) is 0 Å². The number of aliphatic carboxylic acids is 1. The molecule has 0 saturated carbocycles. The Morgan fingerprint density at radius 3 is 2.69 bits per heavy atom. The number of allylic oxidation sites excluding steroid dienone is 2. The fourth-order valence-electron chi connectivity index (χ4n) is 0.958.